The van der Waals surface area contributed by atoms with E-state index in [0.717, 1.165) is 41.4 Å². The summed E-state index contributed by atoms with van der Waals surface area (Å²) in [7, 11) is 0. The fourth-order valence-corrected chi connectivity index (χ4v) is 3.53. The number of aryl methyl sites for hydroxylation is 1. The molecule has 28 heavy (non-hydrogen) atoms. The van der Waals surface area contributed by atoms with Crippen molar-refractivity contribution in [1.82, 2.24) is 4.90 Å². The molecular formula is C24H24N2O2. The van der Waals surface area contributed by atoms with Crippen LogP contribution in [-0.2, 0) is 0 Å². The lowest BCUT2D eigenvalue weighted by Crippen LogP contribution is -2.48. The van der Waals surface area contributed by atoms with Crippen LogP contribution in [-0.4, -0.2) is 37.0 Å². The average molecular weight is 372 g/mol. The van der Waals surface area contributed by atoms with Crippen LogP contribution in [0.3, 0.4) is 0 Å². The molecular weight excluding hydrogens is 348 g/mol. The molecule has 1 aliphatic rings. The van der Waals surface area contributed by atoms with Crippen molar-refractivity contribution >= 4 is 11.6 Å². The summed E-state index contributed by atoms with van der Waals surface area (Å²) in [5.41, 5.74) is 2.94. The van der Waals surface area contributed by atoms with Gasteiger partial charge in [-0.15, -0.1) is 0 Å². The number of carbonyl (C=O) groups excluding carboxylic acids is 1. The SMILES string of the molecule is Cc1cccc(C(=O)N2CCN(c3ccccc3Oc3ccccc3)CC2)c1. The summed E-state index contributed by atoms with van der Waals surface area (Å²) >= 11 is 0. The molecule has 1 fully saturated rings. The molecule has 3 aromatic rings. The third kappa shape index (κ3) is 4.01. The van der Waals surface area contributed by atoms with Crippen LogP contribution in [0, 0.1) is 6.92 Å². The Kier molecular flexibility index (Phi) is 5.29. The van der Waals surface area contributed by atoms with E-state index in [-0.39, 0.29) is 5.91 Å². The lowest BCUT2D eigenvalue weighted by molar-refractivity contribution is 0.0746. The van der Waals surface area contributed by atoms with Gasteiger partial charge in [0, 0.05) is 31.7 Å². The molecule has 0 unspecified atom stereocenters. The summed E-state index contributed by atoms with van der Waals surface area (Å²) in [6.45, 7) is 4.98. The van der Waals surface area contributed by atoms with Crippen LogP contribution in [0.25, 0.3) is 0 Å². The number of anilines is 1. The second kappa shape index (κ2) is 8.17. The molecule has 1 saturated heterocycles. The molecule has 1 amide bonds. The van der Waals surface area contributed by atoms with Crippen molar-refractivity contribution < 1.29 is 9.53 Å². The maximum Gasteiger partial charge on any atom is 0.253 e. The minimum absolute atomic E-state index is 0.108. The van der Waals surface area contributed by atoms with Crippen LogP contribution >= 0.6 is 0 Å². The molecule has 0 bridgehead atoms. The molecule has 1 heterocycles. The zero-order valence-electron chi connectivity index (χ0n) is 16.0. The monoisotopic (exact) mass is 372 g/mol. The number of amides is 1. The third-order valence-corrected chi connectivity index (χ3v) is 5.01. The fraction of sp³-hybridized carbons (Fsp3) is 0.208. The molecule has 142 valence electrons. The smallest absolute Gasteiger partial charge is 0.253 e. The van der Waals surface area contributed by atoms with E-state index in [0.29, 0.717) is 13.1 Å². The number of benzene rings is 3. The van der Waals surface area contributed by atoms with E-state index in [1.807, 2.05) is 84.6 Å². The Morgan fingerprint density at radius 2 is 1.54 bits per heavy atom. The van der Waals surface area contributed by atoms with Gasteiger partial charge in [-0.3, -0.25) is 4.79 Å². The quantitative estimate of drug-likeness (QED) is 0.663. The molecule has 0 atom stereocenters. The maximum absolute atomic E-state index is 12.8. The van der Waals surface area contributed by atoms with Crippen molar-refractivity contribution in [2.24, 2.45) is 0 Å². The Morgan fingerprint density at radius 1 is 0.821 bits per heavy atom. The van der Waals surface area contributed by atoms with Crippen LogP contribution in [0.1, 0.15) is 15.9 Å². The first-order valence-electron chi connectivity index (χ1n) is 9.63. The molecule has 0 aromatic heterocycles. The van der Waals surface area contributed by atoms with E-state index in [4.69, 9.17) is 4.74 Å². The molecule has 0 aliphatic carbocycles. The van der Waals surface area contributed by atoms with Gasteiger partial charge in [0.25, 0.3) is 5.91 Å². The Labute approximate surface area is 166 Å². The predicted octanol–water partition coefficient (Wildman–Crippen LogP) is 4.75. The van der Waals surface area contributed by atoms with Gasteiger partial charge < -0.3 is 14.5 Å². The van der Waals surface area contributed by atoms with Gasteiger partial charge in [-0.2, -0.15) is 0 Å². The highest BCUT2D eigenvalue weighted by molar-refractivity contribution is 5.94. The van der Waals surface area contributed by atoms with E-state index < -0.39 is 0 Å². The molecule has 3 aromatic carbocycles. The Hall–Kier alpha value is -3.27. The molecule has 4 heteroatoms. The van der Waals surface area contributed by atoms with E-state index >= 15 is 0 Å². The number of ether oxygens (including phenoxy) is 1. The Bertz CT molecular complexity index is 948. The van der Waals surface area contributed by atoms with Gasteiger partial charge in [0.1, 0.15) is 5.75 Å². The maximum atomic E-state index is 12.8. The number of nitrogens with zero attached hydrogens (tertiary/aromatic N) is 2. The second-order valence-corrected chi connectivity index (χ2v) is 7.03. The van der Waals surface area contributed by atoms with Gasteiger partial charge in [-0.25, -0.2) is 0 Å². The van der Waals surface area contributed by atoms with Crippen molar-refractivity contribution in [2.75, 3.05) is 31.1 Å². The minimum Gasteiger partial charge on any atom is -0.455 e. The highest BCUT2D eigenvalue weighted by Gasteiger charge is 2.24. The largest absolute Gasteiger partial charge is 0.455 e. The number of hydrogen-bond donors (Lipinski definition) is 0. The molecule has 1 aliphatic heterocycles. The van der Waals surface area contributed by atoms with Gasteiger partial charge >= 0.3 is 0 Å². The summed E-state index contributed by atoms with van der Waals surface area (Å²) in [6, 6.07) is 25.7. The molecule has 0 saturated carbocycles. The number of hydrogen-bond acceptors (Lipinski definition) is 3. The molecule has 4 rings (SSSR count). The highest BCUT2D eigenvalue weighted by atomic mass is 16.5. The van der Waals surface area contributed by atoms with Gasteiger partial charge in [0.15, 0.2) is 5.75 Å². The Morgan fingerprint density at radius 3 is 2.29 bits per heavy atom. The fourth-order valence-electron chi connectivity index (χ4n) is 3.53. The van der Waals surface area contributed by atoms with E-state index in [1.165, 1.54) is 0 Å². The lowest BCUT2D eigenvalue weighted by atomic mass is 10.1. The van der Waals surface area contributed by atoms with Crippen molar-refractivity contribution in [2.45, 2.75) is 6.92 Å². The van der Waals surface area contributed by atoms with Crippen molar-refractivity contribution in [3.05, 3.63) is 90.0 Å². The van der Waals surface area contributed by atoms with Gasteiger partial charge in [-0.1, -0.05) is 48.0 Å². The zero-order chi connectivity index (χ0) is 19.3. The first kappa shape index (κ1) is 18.1. The summed E-state index contributed by atoms with van der Waals surface area (Å²) < 4.78 is 6.10. The van der Waals surface area contributed by atoms with Crippen LogP contribution in [0.4, 0.5) is 5.69 Å². The number of piperazine rings is 1. The van der Waals surface area contributed by atoms with E-state index in [1.54, 1.807) is 0 Å². The van der Waals surface area contributed by atoms with Crippen molar-refractivity contribution in [3.8, 4) is 11.5 Å². The van der Waals surface area contributed by atoms with Gasteiger partial charge in [0.05, 0.1) is 5.69 Å². The molecule has 4 nitrogen and oxygen atoms in total. The summed E-state index contributed by atoms with van der Waals surface area (Å²) in [5.74, 6) is 1.77. The first-order valence-corrected chi connectivity index (χ1v) is 9.63. The first-order chi connectivity index (χ1) is 13.7. The van der Waals surface area contributed by atoms with Gasteiger partial charge in [-0.05, 0) is 43.3 Å². The van der Waals surface area contributed by atoms with Crippen LogP contribution in [0.2, 0.25) is 0 Å². The number of rotatable bonds is 4. The number of carbonyl (C=O) groups is 1. The zero-order valence-corrected chi connectivity index (χ0v) is 16.0. The lowest BCUT2D eigenvalue weighted by Gasteiger charge is -2.36. The van der Waals surface area contributed by atoms with E-state index in [9.17, 15) is 4.79 Å². The van der Waals surface area contributed by atoms with Crippen molar-refractivity contribution in [3.63, 3.8) is 0 Å². The average Bonchev–Trinajstić information content (AvgIpc) is 2.74. The summed E-state index contributed by atoms with van der Waals surface area (Å²) in [5, 5.41) is 0. The Balaban J connectivity index is 1.45. The summed E-state index contributed by atoms with van der Waals surface area (Å²) in [4.78, 5) is 17.0. The van der Waals surface area contributed by atoms with Crippen LogP contribution < -0.4 is 9.64 Å². The molecule has 0 spiro atoms. The highest BCUT2D eigenvalue weighted by Crippen LogP contribution is 2.32. The van der Waals surface area contributed by atoms with Gasteiger partial charge in [0.2, 0.25) is 0 Å². The number of para-hydroxylation sites is 3. The van der Waals surface area contributed by atoms with E-state index in [2.05, 4.69) is 11.0 Å². The predicted molar refractivity (Wildman–Crippen MR) is 112 cm³/mol. The van der Waals surface area contributed by atoms with Crippen molar-refractivity contribution in [1.29, 1.82) is 0 Å². The van der Waals surface area contributed by atoms with Crippen LogP contribution in [0.15, 0.2) is 78.9 Å². The normalized spacial score (nSPS) is 14.0. The molecule has 0 N–H and O–H groups in total. The minimum atomic E-state index is 0.108. The topological polar surface area (TPSA) is 32.8 Å². The molecule has 0 radical (unpaired) electrons. The standard InChI is InChI=1S/C24H24N2O2/c1-19-8-7-9-20(18-19)24(27)26-16-14-25(15-17-26)22-12-5-6-13-23(22)28-21-10-3-2-4-11-21/h2-13,18H,14-17H2,1H3. The summed E-state index contributed by atoms with van der Waals surface area (Å²) in [6.07, 6.45) is 0. The third-order valence-electron chi connectivity index (χ3n) is 5.01. The van der Waals surface area contributed by atoms with Crippen LogP contribution in [0.5, 0.6) is 11.5 Å². The second-order valence-electron chi connectivity index (χ2n) is 7.03.